The summed E-state index contributed by atoms with van der Waals surface area (Å²) in [6.07, 6.45) is 1.89. The number of rotatable bonds is 5. The van der Waals surface area contributed by atoms with Crippen LogP contribution in [0.25, 0.3) is 0 Å². The molecule has 0 amide bonds. The van der Waals surface area contributed by atoms with E-state index in [1.807, 2.05) is 13.0 Å². The monoisotopic (exact) mass is 432 g/mol. The summed E-state index contributed by atoms with van der Waals surface area (Å²) >= 11 is 0. The minimum absolute atomic E-state index is 0.00763. The van der Waals surface area contributed by atoms with E-state index in [1.165, 1.54) is 10.5 Å². The molecule has 8 heteroatoms. The van der Waals surface area contributed by atoms with Gasteiger partial charge in [0, 0.05) is 6.20 Å². The number of carbonyl (C=O) groups is 1. The zero-order chi connectivity index (χ0) is 22.1. The maximum atomic E-state index is 13.4. The number of esters is 1. The van der Waals surface area contributed by atoms with Gasteiger partial charge in [0.2, 0.25) is 5.88 Å². The first-order chi connectivity index (χ1) is 14.0. The number of anilines is 1. The third kappa shape index (κ3) is 4.92. The summed E-state index contributed by atoms with van der Waals surface area (Å²) in [6, 6.07) is 8.56. The highest BCUT2D eigenvalue weighted by atomic mass is 32.2. The molecule has 0 spiro atoms. The molecule has 2 heterocycles. The number of ether oxygens (including phenoxy) is 2. The largest absolute Gasteiger partial charge is 0.471 e. The van der Waals surface area contributed by atoms with Gasteiger partial charge in [-0.25, -0.2) is 13.4 Å². The topological polar surface area (TPSA) is 85.8 Å². The fourth-order valence-corrected chi connectivity index (χ4v) is 4.83. The molecule has 1 atom stereocenters. The van der Waals surface area contributed by atoms with Crippen LogP contribution in [0.15, 0.2) is 41.4 Å². The van der Waals surface area contributed by atoms with E-state index in [1.54, 1.807) is 52.0 Å². The number of hydrogen-bond donors (Lipinski definition) is 0. The van der Waals surface area contributed by atoms with Crippen molar-refractivity contribution in [3.8, 4) is 5.88 Å². The molecule has 0 fully saturated rings. The van der Waals surface area contributed by atoms with Crippen molar-refractivity contribution in [3.05, 3.63) is 47.7 Å². The van der Waals surface area contributed by atoms with Gasteiger partial charge in [-0.3, -0.25) is 9.10 Å². The average Bonchev–Trinajstić information content (AvgIpc) is 2.66. The molecule has 0 N–H and O–H groups in total. The predicted molar refractivity (Wildman–Crippen MR) is 114 cm³/mol. The van der Waals surface area contributed by atoms with Gasteiger partial charge in [-0.15, -0.1) is 0 Å². The van der Waals surface area contributed by atoms with Gasteiger partial charge in [0.05, 0.1) is 17.9 Å². The molecular formula is C22H28N2O5S. The number of aryl methyl sites for hydroxylation is 1. The molecule has 30 heavy (non-hydrogen) atoms. The normalized spacial score (nSPS) is 16.6. The second-order valence-corrected chi connectivity index (χ2v) is 10.3. The van der Waals surface area contributed by atoms with Crippen LogP contribution in [0.3, 0.4) is 0 Å². The van der Waals surface area contributed by atoms with Crippen LogP contribution in [0.2, 0.25) is 0 Å². The molecule has 3 rings (SSSR count). The highest BCUT2D eigenvalue weighted by Gasteiger charge is 2.34. The summed E-state index contributed by atoms with van der Waals surface area (Å²) < 4.78 is 39.3. The van der Waals surface area contributed by atoms with Gasteiger partial charge >= 0.3 is 5.97 Å². The van der Waals surface area contributed by atoms with Crippen molar-refractivity contribution in [3.63, 3.8) is 0 Å². The number of fused-ring (bicyclic) bond motifs is 1. The number of pyridine rings is 1. The molecule has 0 radical (unpaired) electrons. The van der Waals surface area contributed by atoms with Crippen molar-refractivity contribution in [1.82, 2.24) is 4.98 Å². The van der Waals surface area contributed by atoms with Gasteiger partial charge in [0.25, 0.3) is 10.0 Å². The first-order valence-electron chi connectivity index (χ1n) is 9.98. The third-order valence-electron chi connectivity index (χ3n) is 4.56. The number of sulfonamides is 1. The number of benzene rings is 1. The SMILES string of the molecule is CCc1cccc(S(=O)(=O)N2C[C@H](C)Oc3ncc(CC(=O)OC(C)(C)C)cc32)c1. The first kappa shape index (κ1) is 22.1. The molecule has 1 aromatic heterocycles. The number of aromatic nitrogens is 1. The lowest BCUT2D eigenvalue weighted by molar-refractivity contribution is -0.153. The molecule has 0 unspecified atom stereocenters. The highest BCUT2D eigenvalue weighted by molar-refractivity contribution is 7.92. The zero-order valence-electron chi connectivity index (χ0n) is 18.0. The van der Waals surface area contributed by atoms with E-state index in [0.29, 0.717) is 11.3 Å². The third-order valence-corrected chi connectivity index (χ3v) is 6.33. The van der Waals surface area contributed by atoms with E-state index in [-0.39, 0.29) is 29.8 Å². The lowest BCUT2D eigenvalue weighted by atomic mass is 10.1. The smallest absolute Gasteiger partial charge is 0.310 e. The zero-order valence-corrected chi connectivity index (χ0v) is 18.8. The van der Waals surface area contributed by atoms with Crippen molar-refractivity contribution in [2.24, 2.45) is 0 Å². The van der Waals surface area contributed by atoms with E-state index in [2.05, 4.69) is 4.98 Å². The van der Waals surface area contributed by atoms with Crippen LogP contribution in [0.5, 0.6) is 5.88 Å². The fourth-order valence-electron chi connectivity index (χ4n) is 3.23. The summed E-state index contributed by atoms with van der Waals surface area (Å²) in [5.74, 6) is -0.170. The Morgan fingerprint density at radius 3 is 2.67 bits per heavy atom. The summed E-state index contributed by atoms with van der Waals surface area (Å²) in [6.45, 7) is 9.32. The quantitative estimate of drug-likeness (QED) is 0.672. The Labute approximate surface area is 178 Å². The van der Waals surface area contributed by atoms with Crippen LogP contribution in [-0.4, -0.2) is 37.6 Å². The van der Waals surface area contributed by atoms with E-state index < -0.39 is 21.6 Å². The molecule has 0 bridgehead atoms. The van der Waals surface area contributed by atoms with Gasteiger partial charge in [0.15, 0.2) is 0 Å². The lowest BCUT2D eigenvalue weighted by Crippen LogP contribution is -2.42. The summed E-state index contributed by atoms with van der Waals surface area (Å²) in [5.41, 5.74) is 1.23. The van der Waals surface area contributed by atoms with Gasteiger partial charge < -0.3 is 9.47 Å². The number of nitrogens with zero attached hydrogens (tertiary/aromatic N) is 2. The van der Waals surface area contributed by atoms with E-state index in [9.17, 15) is 13.2 Å². The van der Waals surface area contributed by atoms with Crippen molar-refractivity contribution in [1.29, 1.82) is 0 Å². The van der Waals surface area contributed by atoms with Crippen LogP contribution >= 0.6 is 0 Å². The average molecular weight is 433 g/mol. The molecule has 162 valence electrons. The van der Waals surface area contributed by atoms with E-state index in [0.717, 1.165) is 12.0 Å². The van der Waals surface area contributed by atoms with Gasteiger partial charge in [0.1, 0.15) is 17.4 Å². The molecule has 7 nitrogen and oxygen atoms in total. The van der Waals surface area contributed by atoms with E-state index >= 15 is 0 Å². The Bertz CT molecular complexity index is 1040. The molecule has 1 aliphatic heterocycles. The van der Waals surface area contributed by atoms with Gasteiger partial charge in [-0.05, 0) is 63.4 Å². The summed E-state index contributed by atoms with van der Waals surface area (Å²) in [5, 5.41) is 0. The standard InChI is InChI=1S/C22H28N2O5S/c1-6-16-8-7-9-18(10-16)30(26,27)24-14-15(2)28-21-19(24)11-17(13-23-21)12-20(25)29-22(3,4)5/h7-11,13,15H,6,12,14H2,1-5H3/t15-/m0/s1. The molecule has 1 aromatic carbocycles. The Morgan fingerprint density at radius 1 is 1.27 bits per heavy atom. The van der Waals surface area contributed by atoms with Crippen LogP contribution < -0.4 is 9.04 Å². The molecule has 0 saturated carbocycles. The summed E-state index contributed by atoms with van der Waals surface area (Å²) in [7, 11) is -3.82. The van der Waals surface area contributed by atoms with Crippen molar-refractivity contribution in [2.45, 2.75) is 64.1 Å². The van der Waals surface area contributed by atoms with Gasteiger partial charge in [-0.2, -0.15) is 0 Å². The fraction of sp³-hybridized carbons (Fsp3) is 0.455. The van der Waals surface area contributed by atoms with Crippen LogP contribution in [0.1, 0.15) is 45.7 Å². The van der Waals surface area contributed by atoms with Crippen LogP contribution in [0, 0.1) is 0 Å². The highest BCUT2D eigenvalue weighted by Crippen LogP contribution is 2.36. The molecule has 2 aromatic rings. The van der Waals surface area contributed by atoms with Crippen molar-refractivity contribution >= 4 is 21.7 Å². The number of hydrogen-bond acceptors (Lipinski definition) is 6. The maximum Gasteiger partial charge on any atom is 0.310 e. The Balaban J connectivity index is 1.97. The summed E-state index contributed by atoms with van der Waals surface area (Å²) in [4.78, 5) is 16.7. The second-order valence-electron chi connectivity index (χ2n) is 8.40. The Morgan fingerprint density at radius 2 is 2.00 bits per heavy atom. The molecule has 0 saturated heterocycles. The van der Waals surface area contributed by atoms with Gasteiger partial charge in [-0.1, -0.05) is 19.1 Å². The van der Waals surface area contributed by atoms with Crippen molar-refractivity contribution in [2.75, 3.05) is 10.8 Å². The van der Waals surface area contributed by atoms with Crippen LogP contribution in [0.4, 0.5) is 5.69 Å². The lowest BCUT2D eigenvalue weighted by Gasteiger charge is -2.33. The Kier molecular flexibility index (Phi) is 6.08. The molecular weight excluding hydrogens is 404 g/mol. The maximum absolute atomic E-state index is 13.4. The first-order valence-corrected chi connectivity index (χ1v) is 11.4. The molecule has 1 aliphatic rings. The minimum atomic E-state index is -3.82. The van der Waals surface area contributed by atoms with Crippen molar-refractivity contribution < 1.29 is 22.7 Å². The van der Waals surface area contributed by atoms with E-state index in [4.69, 9.17) is 9.47 Å². The Hall–Kier alpha value is -2.61. The molecule has 0 aliphatic carbocycles. The second kappa shape index (κ2) is 8.26. The number of carbonyl (C=O) groups excluding carboxylic acids is 1. The minimum Gasteiger partial charge on any atom is -0.471 e. The van der Waals surface area contributed by atoms with Crippen LogP contribution in [-0.2, 0) is 32.4 Å². The predicted octanol–water partition coefficient (Wildman–Crippen LogP) is 3.50.